The second kappa shape index (κ2) is 7.38. The molecule has 0 saturated carbocycles. The lowest BCUT2D eigenvalue weighted by Gasteiger charge is -2.27. The van der Waals surface area contributed by atoms with Crippen molar-refractivity contribution in [2.45, 2.75) is 6.92 Å². The first-order valence-corrected chi connectivity index (χ1v) is 8.54. The molecule has 1 aliphatic heterocycles. The maximum absolute atomic E-state index is 12.5. The van der Waals surface area contributed by atoms with Gasteiger partial charge in [0.25, 0.3) is 5.56 Å². The van der Waals surface area contributed by atoms with Gasteiger partial charge in [0.1, 0.15) is 16.4 Å². The van der Waals surface area contributed by atoms with Crippen LogP contribution in [0.3, 0.4) is 0 Å². The molecule has 0 unspecified atom stereocenters. The molecule has 1 aromatic heterocycles. The van der Waals surface area contributed by atoms with E-state index in [0.717, 1.165) is 5.56 Å². The Balaban J connectivity index is 1.84. The highest BCUT2D eigenvalue weighted by Gasteiger charge is 2.19. The molecule has 1 aromatic carbocycles. The molecule has 7 nitrogen and oxygen atoms in total. The van der Waals surface area contributed by atoms with Crippen molar-refractivity contribution in [2.75, 3.05) is 42.3 Å². The van der Waals surface area contributed by atoms with Crippen molar-refractivity contribution in [3.05, 3.63) is 44.7 Å². The molecule has 0 radical (unpaired) electrons. The van der Waals surface area contributed by atoms with E-state index in [-0.39, 0.29) is 21.9 Å². The Hall–Kier alpha value is -2.16. The van der Waals surface area contributed by atoms with Crippen molar-refractivity contribution in [3.8, 4) is 0 Å². The second-order valence-corrected chi connectivity index (χ2v) is 6.48. The maximum Gasteiger partial charge on any atom is 0.264 e. The minimum absolute atomic E-state index is 0.0842. The maximum atomic E-state index is 12.5. The Morgan fingerprint density at radius 3 is 2.80 bits per heavy atom. The number of nitrogens with zero attached hydrogens (tertiary/aromatic N) is 2. The molecule has 9 heteroatoms. The zero-order chi connectivity index (χ0) is 18.0. The standard InChI is InChI=1S/C16H18ClN5O2S/c1-9-2-3-10(8-11(9)17)19-15(25)12-13(18)20-16(21-14(12)23)22-4-6-24-7-5-22/h2-3,8H,4-7H2,1H3,(H,19,25)(H3,18,20,21,23). The van der Waals surface area contributed by atoms with Crippen molar-refractivity contribution in [1.29, 1.82) is 0 Å². The Labute approximate surface area is 155 Å². The third-order valence-electron chi connectivity index (χ3n) is 3.90. The normalized spacial score (nSPS) is 14.4. The number of thiocarbonyl (C=S) groups is 1. The summed E-state index contributed by atoms with van der Waals surface area (Å²) in [6.45, 7) is 4.36. The number of aryl methyl sites for hydroxylation is 1. The summed E-state index contributed by atoms with van der Waals surface area (Å²) >= 11 is 11.4. The monoisotopic (exact) mass is 379 g/mol. The highest BCUT2D eigenvalue weighted by Crippen LogP contribution is 2.21. The van der Waals surface area contributed by atoms with Gasteiger partial charge < -0.3 is 20.7 Å². The van der Waals surface area contributed by atoms with Crippen LogP contribution in [0.5, 0.6) is 0 Å². The van der Waals surface area contributed by atoms with Crippen LogP contribution in [0, 0.1) is 6.92 Å². The van der Waals surface area contributed by atoms with Crippen molar-refractivity contribution in [1.82, 2.24) is 9.97 Å². The number of benzene rings is 1. The molecule has 25 heavy (non-hydrogen) atoms. The van der Waals surface area contributed by atoms with E-state index in [2.05, 4.69) is 15.3 Å². The molecule has 0 amide bonds. The largest absolute Gasteiger partial charge is 0.383 e. The van der Waals surface area contributed by atoms with Gasteiger partial charge in [-0.25, -0.2) is 0 Å². The number of nitrogen functional groups attached to an aromatic ring is 1. The van der Waals surface area contributed by atoms with E-state index >= 15 is 0 Å². The lowest BCUT2D eigenvalue weighted by atomic mass is 10.2. The molecule has 132 valence electrons. The first-order valence-electron chi connectivity index (χ1n) is 7.75. The fraction of sp³-hybridized carbons (Fsp3) is 0.312. The van der Waals surface area contributed by atoms with E-state index in [4.69, 9.17) is 34.3 Å². The van der Waals surface area contributed by atoms with Crippen LogP contribution < -0.4 is 21.5 Å². The summed E-state index contributed by atoms with van der Waals surface area (Å²) < 4.78 is 5.29. The number of nitrogens with two attached hydrogens (primary N) is 1. The molecule has 1 saturated heterocycles. The van der Waals surface area contributed by atoms with Crippen molar-refractivity contribution >= 4 is 46.3 Å². The van der Waals surface area contributed by atoms with Gasteiger partial charge in [-0.15, -0.1) is 0 Å². The lowest BCUT2D eigenvalue weighted by Crippen LogP contribution is -2.39. The quantitative estimate of drug-likeness (QED) is 0.701. The molecule has 4 N–H and O–H groups in total. The smallest absolute Gasteiger partial charge is 0.264 e. The summed E-state index contributed by atoms with van der Waals surface area (Å²) in [5.74, 6) is 0.511. The third kappa shape index (κ3) is 3.92. The minimum atomic E-state index is -0.385. The zero-order valence-corrected chi connectivity index (χ0v) is 15.2. The average Bonchev–Trinajstić information content (AvgIpc) is 2.58. The van der Waals surface area contributed by atoms with Crippen LogP contribution in [-0.4, -0.2) is 41.3 Å². The molecule has 0 atom stereocenters. The van der Waals surface area contributed by atoms with E-state index in [9.17, 15) is 4.79 Å². The van der Waals surface area contributed by atoms with Crippen molar-refractivity contribution in [3.63, 3.8) is 0 Å². The Kier molecular flexibility index (Phi) is 5.22. The van der Waals surface area contributed by atoms with E-state index in [0.29, 0.717) is 43.0 Å². The summed E-state index contributed by atoms with van der Waals surface area (Å²) in [5, 5.41) is 3.59. The number of ether oxygens (including phenoxy) is 1. The highest BCUT2D eigenvalue weighted by molar-refractivity contribution is 7.81. The Bertz CT molecular complexity index is 864. The van der Waals surface area contributed by atoms with Crippen molar-refractivity contribution < 1.29 is 4.74 Å². The second-order valence-electron chi connectivity index (χ2n) is 5.67. The molecule has 1 fully saturated rings. The van der Waals surface area contributed by atoms with Crippen LogP contribution in [-0.2, 0) is 4.74 Å². The SMILES string of the molecule is Cc1ccc(NC(=S)c2c(N)nc(N3CCOCC3)[nH]c2=O)cc1Cl. The fourth-order valence-electron chi connectivity index (χ4n) is 2.49. The number of nitrogens with one attached hydrogen (secondary N) is 2. The molecule has 1 aliphatic rings. The summed E-state index contributed by atoms with van der Waals surface area (Å²) in [5.41, 5.74) is 7.38. The van der Waals surface area contributed by atoms with Crippen LogP contribution in [0.25, 0.3) is 0 Å². The van der Waals surface area contributed by atoms with Gasteiger partial charge in [-0.1, -0.05) is 29.9 Å². The number of hydrogen-bond acceptors (Lipinski definition) is 6. The summed E-state index contributed by atoms with van der Waals surface area (Å²) in [4.78, 5) is 21.6. The topological polar surface area (TPSA) is 96.3 Å². The summed E-state index contributed by atoms with van der Waals surface area (Å²) in [6.07, 6.45) is 0. The molecule has 2 aromatic rings. The molecular formula is C16H18ClN5O2S. The van der Waals surface area contributed by atoms with Gasteiger partial charge in [0.05, 0.1) is 13.2 Å². The van der Waals surface area contributed by atoms with Gasteiger partial charge in [-0.3, -0.25) is 9.78 Å². The number of halogens is 1. The van der Waals surface area contributed by atoms with Crippen LogP contribution in [0.1, 0.15) is 11.1 Å². The number of hydrogen-bond donors (Lipinski definition) is 3. The van der Waals surface area contributed by atoms with E-state index in [1.807, 2.05) is 24.0 Å². The van der Waals surface area contributed by atoms with Crippen molar-refractivity contribution in [2.24, 2.45) is 0 Å². The van der Waals surface area contributed by atoms with Crippen LogP contribution in [0.15, 0.2) is 23.0 Å². The molecule has 0 aliphatic carbocycles. The minimum Gasteiger partial charge on any atom is -0.383 e. The number of morpholine rings is 1. The Morgan fingerprint density at radius 1 is 1.44 bits per heavy atom. The fourth-order valence-corrected chi connectivity index (χ4v) is 2.98. The first-order chi connectivity index (χ1) is 12.0. The average molecular weight is 380 g/mol. The number of anilines is 3. The molecule has 2 heterocycles. The molecule has 0 bridgehead atoms. The number of H-pyrrole nitrogens is 1. The number of rotatable bonds is 3. The predicted molar refractivity (Wildman–Crippen MR) is 104 cm³/mol. The highest BCUT2D eigenvalue weighted by atomic mass is 35.5. The van der Waals surface area contributed by atoms with Crippen LogP contribution >= 0.6 is 23.8 Å². The predicted octanol–water partition coefficient (Wildman–Crippen LogP) is 1.94. The number of aromatic amines is 1. The third-order valence-corrected chi connectivity index (χ3v) is 4.62. The number of aromatic nitrogens is 2. The first kappa shape index (κ1) is 17.7. The lowest BCUT2D eigenvalue weighted by molar-refractivity contribution is 0.122. The van der Waals surface area contributed by atoms with E-state index < -0.39 is 0 Å². The molecular weight excluding hydrogens is 362 g/mol. The van der Waals surface area contributed by atoms with Gasteiger partial charge in [0.15, 0.2) is 0 Å². The Morgan fingerprint density at radius 2 is 2.16 bits per heavy atom. The van der Waals surface area contributed by atoms with E-state index in [1.54, 1.807) is 6.07 Å². The summed E-state index contributed by atoms with van der Waals surface area (Å²) in [7, 11) is 0. The van der Waals surface area contributed by atoms with Gasteiger partial charge >= 0.3 is 0 Å². The van der Waals surface area contributed by atoms with Gasteiger partial charge in [0, 0.05) is 23.8 Å². The van der Waals surface area contributed by atoms with E-state index in [1.165, 1.54) is 0 Å². The molecule has 3 rings (SSSR count). The van der Waals surface area contributed by atoms with Crippen LogP contribution in [0.4, 0.5) is 17.5 Å². The van der Waals surface area contributed by atoms with Gasteiger partial charge in [0.2, 0.25) is 5.95 Å². The summed E-state index contributed by atoms with van der Waals surface area (Å²) in [6, 6.07) is 5.43. The van der Waals surface area contributed by atoms with Crippen LogP contribution in [0.2, 0.25) is 5.02 Å². The van der Waals surface area contributed by atoms with Gasteiger partial charge in [-0.05, 0) is 24.6 Å². The molecule has 0 spiro atoms. The van der Waals surface area contributed by atoms with Gasteiger partial charge in [-0.2, -0.15) is 4.98 Å². The zero-order valence-electron chi connectivity index (χ0n) is 13.6.